The zero-order valence-corrected chi connectivity index (χ0v) is 16.6. The molecule has 4 nitrogen and oxygen atoms in total. The fourth-order valence-electron chi connectivity index (χ4n) is 3.92. The van der Waals surface area contributed by atoms with Gasteiger partial charge in [0.2, 0.25) is 5.91 Å². The van der Waals surface area contributed by atoms with Crippen LogP contribution >= 0.6 is 24.8 Å². The predicted octanol–water partition coefficient (Wildman–Crippen LogP) is 3.87. The number of hydrogen-bond acceptors (Lipinski definition) is 3. The van der Waals surface area contributed by atoms with Gasteiger partial charge in [-0.15, -0.1) is 24.8 Å². The van der Waals surface area contributed by atoms with Crippen LogP contribution in [0.4, 0.5) is 5.69 Å². The fraction of sp³-hybridized carbons (Fsp3) is 0.632. The molecule has 1 fully saturated rings. The minimum Gasteiger partial charge on any atom is -0.399 e. The molecule has 1 heterocycles. The lowest BCUT2D eigenvalue weighted by atomic mass is 9.87. The van der Waals surface area contributed by atoms with Crippen molar-refractivity contribution >= 4 is 36.4 Å². The second kappa shape index (κ2) is 10.2. The number of fused-ring (bicyclic) bond motifs is 1. The zero-order valence-electron chi connectivity index (χ0n) is 15.0. The van der Waals surface area contributed by atoms with Crippen molar-refractivity contribution < 1.29 is 4.79 Å². The van der Waals surface area contributed by atoms with Crippen molar-refractivity contribution in [3.05, 3.63) is 29.3 Å². The van der Waals surface area contributed by atoms with Gasteiger partial charge >= 0.3 is 0 Å². The number of nitrogens with zero attached hydrogens (tertiary/aromatic N) is 1. The van der Waals surface area contributed by atoms with E-state index in [9.17, 15) is 4.79 Å². The van der Waals surface area contributed by atoms with E-state index < -0.39 is 0 Å². The van der Waals surface area contributed by atoms with E-state index in [-0.39, 0.29) is 42.8 Å². The molecular weight excluding hydrogens is 357 g/mol. The third kappa shape index (κ3) is 5.50. The number of anilines is 1. The third-order valence-electron chi connectivity index (χ3n) is 5.37. The van der Waals surface area contributed by atoms with Crippen LogP contribution in [0.5, 0.6) is 0 Å². The summed E-state index contributed by atoms with van der Waals surface area (Å²) < 4.78 is 0. The molecule has 2 unspecified atom stereocenters. The van der Waals surface area contributed by atoms with Crippen molar-refractivity contribution in [2.45, 2.75) is 64.0 Å². The van der Waals surface area contributed by atoms with Gasteiger partial charge in [0.1, 0.15) is 0 Å². The summed E-state index contributed by atoms with van der Waals surface area (Å²) in [5.74, 6) is 0.168. The minimum absolute atomic E-state index is 0. The fourth-order valence-corrected chi connectivity index (χ4v) is 3.92. The lowest BCUT2D eigenvalue weighted by molar-refractivity contribution is -0.126. The summed E-state index contributed by atoms with van der Waals surface area (Å²) in [6, 6.07) is 6.20. The van der Waals surface area contributed by atoms with Crippen LogP contribution in [0.1, 0.15) is 62.6 Å². The molecular formula is C19H31Cl2N3O. The van der Waals surface area contributed by atoms with Crippen molar-refractivity contribution in [3.63, 3.8) is 0 Å². The molecule has 0 bridgehead atoms. The topological polar surface area (TPSA) is 58.4 Å². The third-order valence-corrected chi connectivity index (χ3v) is 5.37. The van der Waals surface area contributed by atoms with E-state index in [4.69, 9.17) is 5.73 Å². The first-order chi connectivity index (χ1) is 11.1. The molecule has 2 aliphatic rings. The molecule has 0 saturated carbocycles. The van der Waals surface area contributed by atoms with Crippen LogP contribution in [0.15, 0.2) is 18.2 Å². The highest BCUT2D eigenvalue weighted by Crippen LogP contribution is 2.31. The first-order valence-corrected chi connectivity index (χ1v) is 9.08. The lowest BCUT2D eigenvalue weighted by Gasteiger charge is -2.31. The zero-order chi connectivity index (χ0) is 16.2. The molecule has 1 saturated heterocycles. The number of rotatable bonds is 3. The Hall–Kier alpha value is -0.970. The van der Waals surface area contributed by atoms with Crippen LogP contribution in [0, 0.1) is 0 Å². The van der Waals surface area contributed by atoms with Crippen LogP contribution in [0.25, 0.3) is 0 Å². The van der Waals surface area contributed by atoms with Crippen LogP contribution in [0.2, 0.25) is 0 Å². The van der Waals surface area contributed by atoms with Crippen molar-refractivity contribution in [2.24, 2.45) is 0 Å². The second-order valence-corrected chi connectivity index (χ2v) is 7.04. The number of carbonyl (C=O) groups is 1. The number of aryl methyl sites for hydroxylation is 1. The maximum atomic E-state index is 12.7. The normalized spacial score (nSPS) is 21.7. The number of likely N-dealkylation sites (tertiary alicyclic amines) is 1. The molecule has 0 aromatic heterocycles. The Morgan fingerprint density at radius 1 is 1.16 bits per heavy atom. The molecule has 6 heteroatoms. The number of nitrogen functional groups attached to an aromatic ring is 1. The Balaban J connectivity index is 0.00000156. The summed E-state index contributed by atoms with van der Waals surface area (Å²) in [4.78, 5) is 15.1. The Kier molecular flexibility index (Phi) is 9.04. The van der Waals surface area contributed by atoms with Gasteiger partial charge < -0.3 is 11.1 Å². The van der Waals surface area contributed by atoms with Crippen LogP contribution in [-0.4, -0.2) is 29.9 Å². The van der Waals surface area contributed by atoms with E-state index in [1.807, 2.05) is 13.0 Å². The molecule has 1 aliphatic heterocycles. The van der Waals surface area contributed by atoms with Gasteiger partial charge in [-0.3, -0.25) is 9.69 Å². The number of carbonyl (C=O) groups excluding carboxylic acids is 1. The van der Waals surface area contributed by atoms with Crippen LogP contribution < -0.4 is 11.1 Å². The van der Waals surface area contributed by atoms with Gasteiger partial charge in [0.15, 0.2) is 0 Å². The molecule has 1 aliphatic carbocycles. The Labute approximate surface area is 163 Å². The number of hydrogen-bond donors (Lipinski definition) is 2. The van der Waals surface area contributed by atoms with Crippen molar-refractivity contribution in [1.82, 2.24) is 10.2 Å². The molecule has 25 heavy (non-hydrogen) atoms. The Morgan fingerprint density at radius 2 is 1.84 bits per heavy atom. The van der Waals surface area contributed by atoms with Gasteiger partial charge in [0, 0.05) is 5.69 Å². The summed E-state index contributed by atoms with van der Waals surface area (Å²) in [6.07, 6.45) is 8.21. The molecule has 1 amide bonds. The number of amides is 1. The van der Waals surface area contributed by atoms with E-state index in [0.29, 0.717) is 0 Å². The molecule has 2 atom stereocenters. The molecule has 3 N–H and O–H groups in total. The van der Waals surface area contributed by atoms with E-state index in [1.54, 1.807) is 0 Å². The van der Waals surface area contributed by atoms with E-state index in [0.717, 1.165) is 38.0 Å². The molecule has 0 spiro atoms. The van der Waals surface area contributed by atoms with Crippen LogP contribution in [-0.2, 0) is 11.2 Å². The minimum atomic E-state index is -0.0349. The average molecular weight is 388 g/mol. The van der Waals surface area contributed by atoms with Gasteiger partial charge in [-0.05, 0) is 75.4 Å². The van der Waals surface area contributed by atoms with Crippen LogP contribution in [0.3, 0.4) is 0 Å². The highest BCUT2D eigenvalue weighted by molar-refractivity contribution is 5.85. The molecule has 1 aromatic carbocycles. The summed E-state index contributed by atoms with van der Waals surface area (Å²) in [6.45, 7) is 4.14. The lowest BCUT2D eigenvalue weighted by Crippen LogP contribution is -2.46. The summed E-state index contributed by atoms with van der Waals surface area (Å²) in [7, 11) is 0. The van der Waals surface area contributed by atoms with Crippen molar-refractivity contribution in [3.8, 4) is 0 Å². The Bertz CT molecular complexity index is 560. The first kappa shape index (κ1) is 22.1. The van der Waals surface area contributed by atoms with Gasteiger partial charge in [-0.2, -0.15) is 0 Å². The monoisotopic (exact) mass is 387 g/mol. The van der Waals surface area contributed by atoms with E-state index in [1.165, 1.54) is 36.8 Å². The maximum absolute atomic E-state index is 12.7. The highest BCUT2D eigenvalue weighted by Gasteiger charge is 2.27. The highest BCUT2D eigenvalue weighted by atomic mass is 35.5. The number of benzene rings is 1. The van der Waals surface area contributed by atoms with Gasteiger partial charge in [0.05, 0.1) is 12.1 Å². The average Bonchev–Trinajstić information content (AvgIpc) is 2.83. The van der Waals surface area contributed by atoms with Gasteiger partial charge in [-0.1, -0.05) is 18.9 Å². The predicted molar refractivity (Wildman–Crippen MR) is 109 cm³/mol. The van der Waals surface area contributed by atoms with E-state index in [2.05, 4.69) is 22.3 Å². The quantitative estimate of drug-likeness (QED) is 0.773. The smallest absolute Gasteiger partial charge is 0.237 e. The van der Waals surface area contributed by atoms with Gasteiger partial charge in [0.25, 0.3) is 0 Å². The maximum Gasteiger partial charge on any atom is 0.237 e. The first-order valence-electron chi connectivity index (χ1n) is 9.08. The molecule has 1 aromatic rings. The molecule has 142 valence electrons. The number of halogens is 2. The Morgan fingerprint density at radius 3 is 2.52 bits per heavy atom. The number of nitrogens with two attached hydrogens (primary N) is 1. The largest absolute Gasteiger partial charge is 0.399 e. The standard InChI is InChI=1S/C19H29N3O.2ClH/c1-14(22-11-4-2-3-5-12-22)19(23)21-18-8-6-7-15-13-16(20)9-10-17(15)18;;/h9-10,13-14,18H,2-8,11-12,20H2,1H3,(H,21,23);2*1H. The summed E-state index contributed by atoms with van der Waals surface area (Å²) >= 11 is 0. The second-order valence-electron chi connectivity index (χ2n) is 7.04. The van der Waals surface area contributed by atoms with E-state index >= 15 is 0 Å². The summed E-state index contributed by atoms with van der Waals surface area (Å²) in [5, 5.41) is 3.29. The SMILES string of the molecule is CC(C(=O)NC1CCCc2cc(N)ccc21)N1CCCCCC1.Cl.Cl. The molecule has 0 radical (unpaired) electrons. The molecule has 3 rings (SSSR count). The number of nitrogens with one attached hydrogen (secondary N) is 1. The summed E-state index contributed by atoms with van der Waals surface area (Å²) in [5.41, 5.74) is 9.26. The van der Waals surface area contributed by atoms with Crippen molar-refractivity contribution in [2.75, 3.05) is 18.8 Å². The van der Waals surface area contributed by atoms with Crippen molar-refractivity contribution in [1.29, 1.82) is 0 Å². The van der Waals surface area contributed by atoms with Gasteiger partial charge in [-0.25, -0.2) is 0 Å².